The van der Waals surface area contributed by atoms with Crippen LogP contribution in [-0.4, -0.2) is 7.11 Å². The number of fused-ring (bicyclic) bond motifs is 1. The highest BCUT2D eigenvalue weighted by Gasteiger charge is 2.41. The van der Waals surface area contributed by atoms with Crippen molar-refractivity contribution < 1.29 is 27.0 Å². The van der Waals surface area contributed by atoms with Gasteiger partial charge in [-0.2, -0.15) is 17.6 Å². The van der Waals surface area contributed by atoms with E-state index in [1.807, 2.05) is 12.1 Å². The average Bonchev–Trinajstić information content (AvgIpc) is 2.88. The summed E-state index contributed by atoms with van der Waals surface area (Å²) in [6, 6.07) is 7.14. The maximum absolute atomic E-state index is 14.1. The van der Waals surface area contributed by atoms with Crippen molar-refractivity contribution in [1.82, 2.24) is 0 Å². The number of halogens is 5. The monoisotopic (exact) mass is 390 g/mol. The van der Waals surface area contributed by atoms with Crippen LogP contribution in [0, 0.1) is 23.3 Å². The van der Waals surface area contributed by atoms with Crippen LogP contribution < -0.4 is 9.47 Å². The molecule has 0 aromatic heterocycles. The van der Waals surface area contributed by atoms with E-state index in [9.17, 15) is 17.6 Å². The summed E-state index contributed by atoms with van der Waals surface area (Å²) in [5.74, 6) is -8.78. The van der Waals surface area contributed by atoms with Crippen molar-refractivity contribution >= 4 is 15.9 Å². The molecule has 23 heavy (non-hydrogen) atoms. The Morgan fingerprint density at radius 3 is 2.13 bits per heavy atom. The summed E-state index contributed by atoms with van der Waals surface area (Å²) in [6.45, 7) is 0. The summed E-state index contributed by atoms with van der Waals surface area (Å²) >= 11 is 3.30. The van der Waals surface area contributed by atoms with E-state index in [2.05, 4.69) is 20.7 Å². The molecular formula is C16H11BrF4O2. The first-order chi connectivity index (χ1) is 10.9. The molecule has 2 aromatic carbocycles. The number of hydrogen-bond acceptors (Lipinski definition) is 2. The highest BCUT2D eigenvalue weighted by Crippen LogP contribution is 2.47. The van der Waals surface area contributed by atoms with Gasteiger partial charge in [-0.1, -0.05) is 24.3 Å². The number of aryl methyl sites for hydroxylation is 1. The molecule has 2 nitrogen and oxygen atoms in total. The summed E-state index contributed by atoms with van der Waals surface area (Å²) < 4.78 is 64.2. The Kier molecular flexibility index (Phi) is 4.00. The Morgan fingerprint density at radius 2 is 1.52 bits per heavy atom. The third-order valence-electron chi connectivity index (χ3n) is 3.79. The number of ether oxygens (including phenoxy) is 2. The molecular weight excluding hydrogens is 380 g/mol. The van der Waals surface area contributed by atoms with Gasteiger partial charge in [0.2, 0.25) is 23.3 Å². The second kappa shape index (κ2) is 5.70. The normalized spacial score (nSPS) is 19.6. The van der Waals surface area contributed by atoms with Crippen molar-refractivity contribution in [1.29, 1.82) is 0 Å². The van der Waals surface area contributed by atoms with Crippen LogP contribution in [0.5, 0.6) is 11.5 Å². The predicted molar refractivity (Wildman–Crippen MR) is 78.8 cm³/mol. The Bertz CT molecular complexity index is 752. The lowest BCUT2D eigenvalue weighted by atomic mass is 10.1. The topological polar surface area (TPSA) is 18.5 Å². The third kappa shape index (κ3) is 2.47. The molecule has 0 radical (unpaired) electrons. The fourth-order valence-corrected chi connectivity index (χ4v) is 3.41. The van der Waals surface area contributed by atoms with Crippen LogP contribution >= 0.6 is 15.9 Å². The molecule has 0 heterocycles. The molecule has 2 aromatic rings. The maximum atomic E-state index is 14.1. The Balaban J connectivity index is 2.08. The minimum atomic E-state index is -1.64. The van der Waals surface area contributed by atoms with E-state index >= 15 is 0 Å². The van der Waals surface area contributed by atoms with Gasteiger partial charge in [0.25, 0.3) is 0 Å². The molecule has 122 valence electrons. The van der Waals surface area contributed by atoms with Crippen LogP contribution in [0.1, 0.15) is 17.5 Å². The first kappa shape index (κ1) is 16.1. The van der Waals surface area contributed by atoms with Crippen molar-refractivity contribution in [3.8, 4) is 11.5 Å². The predicted octanol–water partition coefficient (Wildman–Crippen LogP) is 4.82. The van der Waals surface area contributed by atoms with E-state index in [0.29, 0.717) is 18.4 Å². The Labute approximate surface area is 138 Å². The molecule has 0 N–H and O–H groups in total. The molecule has 7 heteroatoms. The van der Waals surface area contributed by atoms with Crippen molar-refractivity contribution in [3.63, 3.8) is 0 Å². The number of hydrogen-bond donors (Lipinski definition) is 0. The molecule has 1 aliphatic rings. The van der Waals surface area contributed by atoms with Gasteiger partial charge in [0.05, 0.1) is 7.11 Å². The number of rotatable bonds is 3. The van der Waals surface area contributed by atoms with Gasteiger partial charge < -0.3 is 9.47 Å². The summed E-state index contributed by atoms with van der Waals surface area (Å²) in [5.41, 5.74) is 1.59. The van der Waals surface area contributed by atoms with E-state index in [-0.39, 0.29) is 0 Å². The molecule has 0 fully saturated rings. The number of alkyl halides is 1. The zero-order valence-corrected chi connectivity index (χ0v) is 13.5. The van der Waals surface area contributed by atoms with Gasteiger partial charge in [0.1, 0.15) is 0 Å². The van der Waals surface area contributed by atoms with E-state index in [1.165, 1.54) is 0 Å². The van der Waals surface area contributed by atoms with Crippen molar-refractivity contribution in [3.05, 3.63) is 58.7 Å². The Morgan fingerprint density at radius 1 is 0.957 bits per heavy atom. The largest absolute Gasteiger partial charge is 0.491 e. The average molecular weight is 391 g/mol. The van der Waals surface area contributed by atoms with Gasteiger partial charge in [-0.05, 0) is 27.9 Å². The van der Waals surface area contributed by atoms with Crippen molar-refractivity contribution in [2.75, 3.05) is 7.11 Å². The van der Waals surface area contributed by atoms with Crippen LogP contribution in [0.4, 0.5) is 17.6 Å². The SMILES string of the molecule is COc1c(F)c(F)c(OC2(Br)CCc3ccccc32)c(F)c1F. The molecule has 0 saturated heterocycles. The minimum Gasteiger partial charge on any atom is -0.491 e. The zero-order chi connectivity index (χ0) is 16.8. The first-order valence-corrected chi connectivity index (χ1v) is 7.54. The third-order valence-corrected chi connectivity index (χ3v) is 4.77. The van der Waals surface area contributed by atoms with Crippen LogP contribution in [0.25, 0.3) is 0 Å². The molecule has 1 atom stereocenters. The molecule has 0 saturated carbocycles. The summed E-state index contributed by atoms with van der Waals surface area (Å²) in [7, 11) is 0.917. The van der Waals surface area contributed by atoms with Gasteiger partial charge in [0.15, 0.2) is 16.0 Å². The van der Waals surface area contributed by atoms with E-state index in [4.69, 9.17) is 4.74 Å². The number of methoxy groups -OCH3 is 1. The summed E-state index contributed by atoms with van der Waals surface area (Å²) in [4.78, 5) is 0. The van der Waals surface area contributed by atoms with Gasteiger partial charge >= 0.3 is 0 Å². The van der Waals surface area contributed by atoms with E-state index in [1.54, 1.807) is 12.1 Å². The maximum Gasteiger partial charge on any atom is 0.207 e. The van der Waals surface area contributed by atoms with Crippen LogP contribution in [0.15, 0.2) is 24.3 Å². The molecule has 1 aliphatic carbocycles. The zero-order valence-electron chi connectivity index (χ0n) is 11.9. The fraction of sp³-hybridized carbons (Fsp3) is 0.250. The highest BCUT2D eigenvalue weighted by molar-refractivity contribution is 9.09. The summed E-state index contributed by atoms with van der Waals surface area (Å²) in [5, 5.41) is 0. The summed E-state index contributed by atoms with van der Waals surface area (Å²) in [6.07, 6.45) is 0.965. The van der Waals surface area contributed by atoms with Crippen LogP contribution in [0.3, 0.4) is 0 Å². The lowest BCUT2D eigenvalue weighted by molar-refractivity contribution is 0.153. The molecule has 0 spiro atoms. The van der Waals surface area contributed by atoms with Crippen LogP contribution in [-0.2, 0) is 10.9 Å². The van der Waals surface area contributed by atoms with Gasteiger partial charge in [-0.3, -0.25) is 0 Å². The number of benzene rings is 2. The van der Waals surface area contributed by atoms with Crippen molar-refractivity contribution in [2.45, 2.75) is 17.4 Å². The van der Waals surface area contributed by atoms with Crippen molar-refractivity contribution in [2.24, 2.45) is 0 Å². The lowest BCUT2D eigenvalue weighted by Crippen LogP contribution is -2.24. The molecule has 0 bridgehead atoms. The lowest BCUT2D eigenvalue weighted by Gasteiger charge is -2.26. The molecule has 0 amide bonds. The van der Waals surface area contributed by atoms with Gasteiger partial charge in [-0.25, -0.2) is 0 Å². The smallest absolute Gasteiger partial charge is 0.207 e. The second-order valence-corrected chi connectivity index (χ2v) is 6.39. The molecule has 1 unspecified atom stereocenters. The quantitative estimate of drug-likeness (QED) is 0.424. The standard InChI is InChI=1S/C16H11BrF4O2/c1-22-14-10(18)12(20)15(13(21)11(14)19)23-16(17)7-6-8-4-2-3-5-9(8)16/h2-5H,6-7H2,1H3. The van der Waals surface area contributed by atoms with Gasteiger partial charge in [0, 0.05) is 12.0 Å². The van der Waals surface area contributed by atoms with Crippen LogP contribution in [0.2, 0.25) is 0 Å². The van der Waals surface area contributed by atoms with E-state index in [0.717, 1.165) is 12.7 Å². The second-order valence-electron chi connectivity index (χ2n) is 5.11. The Hall–Kier alpha value is -1.76. The highest BCUT2D eigenvalue weighted by atomic mass is 79.9. The van der Waals surface area contributed by atoms with Gasteiger partial charge in [-0.15, -0.1) is 0 Å². The minimum absolute atomic E-state index is 0.362. The fourth-order valence-electron chi connectivity index (χ4n) is 2.66. The first-order valence-electron chi connectivity index (χ1n) is 6.75. The van der Waals surface area contributed by atoms with E-state index < -0.39 is 39.3 Å². The molecule has 3 rings (SSSR count). The molecule has 0 aliphatic heterocycles.